The summed E-state index contributed by atoms with van der Waals surface area (Å²) in [6, 6.07) is 6.79. The molecular weight excluding hydrogens is 303 g/mol. The highest BCUT2D eigenvalue weighted by Gasteiger charge is 2.30. The topological polar surface area (TPSA) is 46.3 Å². The Bertz CT molecular complexity index is 495. The fourth-order valence-electron chi connectivity index (χ4n) is 3.18. The monoisotopic (exact) mass is 328 g/mol. The zero-order valence-electron chi connectivity index (χ0n) is 13.3. The van der Waals surface area contributed by atoms with Crippen molar-refractivity contribution in [2.75, 3.05) is 6.54 Å². The van der Waals surface area contributed by atoms with Gasteiger partial charge in [0.1, 0.15) is 5.82 Å². The summed E-state index contributed by atoms with van der Waals surface area (Å²) in [7, 11) is 0. The first kappa shape index (κ1) is 18.9. The van der Waals surface area contributed by atoms with E-state index in [-0.39, 0.29) is 42.1 Å². The number of carbonyl (C=O) groups excluding carboxylic acids is 1. The van der Waals surface area contributed by atoms with Gasteiger partial charge in [-0.3, -0.25) is 4.79 Å². The molecule has 22 heavy (non-hydrogen) atoms. The van der Waals surface area contributed by atoms with Gasteiger partial charge in [-0.2, -0.15) is 0 Å². The van der Waals surface area contributed by atoms with Crippen LogP contribution in [0.5, 0.6) is 0 Å². The van der Waals surface area contributed by atoms with Gasteiger partial charge in [0.25, 0.3) is 0 Å². The van der Waals surface area contributed by atoms with Gasteiger partial charge >= 0.3 is 0 Å². The number of rotatable bonds is 4. The van der Waals surface area contributed by atoms with E-state index in [1.54, 1.807) is 12.1 Å². The number of amides is 1. The molecule has 0 spiro atoms. The molecule has 1 fully saturated rings. The van der Waals surface area contributed by atoms with Crippen LogP contribution in [0.1, 0.15) is 51.0 Å². The van der Waals surface area contributed by atoms with Crippen molar-refractivity contribution < 1.29 is 9.18 Å². The lowest BCUT2D eigenvalue weighted by atomic mass is 9.93. The van der Waals surface area contributed by atoms with Crippen LogP contribution in [0.15, 0.2) is 24.3 Å². The standard InChI is InChI=1S/C17H25FN2O.ClH/c1-12(14-7-3-4-8-15(14)18)11-17(21)20-10-6-5-9-16(20)13(2)19;/h3-4,7-8,12-13,16H,5-6,9-11,19H2,1-2H3;1H. The Balaban J connectivity index is 0.00000242. The molecule has 1 aromatic rings. The first-order valence-corrected chi connectivity index (χ1v) is 7.80. The van der Waals surface area contributed by atoms with Gasteiger partial charge in [0.2, 0.25) is 5.91 Å². The Morgan fingerprint density at radius 3 is 2.68 bits per heavy atom. The molecule has 1 aliphatic rings. The first-order chi connectivity index (χ1) is 10.0. The van der Waals surface area contributed by atoms with Crippen LogP contribution >= 0.6 is 12.4 Å². The van der Waals surface area contributed by atoms with Crippen molar-refractivity contribution >= 4 is 18.3 Å². The van der Waals surface area contributed by atoms with Gasteiger partial charge in [0.05, 0.1) is 0 Å². The molecule has 124 valence electrons. The molecule has 3 nitrogen and oxygen atoms in total. The van der Waals surface area contributed by atoms with E-state index >= 15 is 0 Å². The quantitative estimate of drug-likeness (QED) is 0.920. The van der Waals surface area contributed by atoms with Crippen LogP contribution in [0.3, 0.4) is 0 Å². The second-order valence-electron chi connectivity index (χ2n) is 6.14. The molecule has 0 saturated carbocycles. The number of benzene rings is 1. The molecule has 0 bridgehead atoms. The summed E-state index contributed by atoms with van der Waals surface area (Å²) < 4.78 is 13.8. The summed E-state index contributed by atoms with van der Waals surface area (Å²) >= 11 is 0. The molecule has 1 amide bonds. The van der Waals surface area contributed by atoms with Gasteiger partial charge in [-0.25, -0.2) is 4.39 Å². The Morgan fingerprint density at radius 1 is 1.36 bits per heavy atom. The molecule has 2 N–H and O–H groups in total. The second-order valence-corrected chi connectivity index (χ2v) is 6.14. The van der Waals surface area contributed by atoms with Crippen molar-refractivity contribution in [3.05, 3.63) is 35.6 Å². The molecule has 2 rings (SSSR count). The maximum atomic E-state index is 13.8. The Kier molecular flexibility index (Phi) is 7.30. The van der Waals surface area contributed by atoms with E-state index in [4.69, 9.17) is 5.73 Å². The normalized spacial score (nSPS) is 20.9. The third kappa shape index (κ3) is 4.43. The lowest BCUT2D eigenvalue weighted by Crippen LogP contribution is -2.51. The second kappa shape index (κ2) is 8.49. The van der Waals surface area contributed by atoms with Gasteiger partial charge in [0, 0.05) is 25.0 Å². The van der Waals surface area contributed by atoms with E-state index in [9.17, 15) is 9.18 Å². The largest absolute Gasteiger partial charge is 0.338 e. The molecular formula is C17H26ClFN2O. The van der Waals surface area contributed by atoms with Crippen molar-refractivity contribution in [3.63, 3.8) is 0 Å². The third-order valence-electron chi connectivity index (χ3n) is 4.39. The SMILES string of the molecule is CC(CC(=O)N1CCCCC1C(C)N)c1ccccc1F.Cl. The predicted molar refractivity (Wildman–Crippen MR) is 89.7 cm³/mol. The van der Waals surface area contributed by atoms with Gasteiger partial charge in [-0.15, -0.1) is 12.4 Å². The zero-order valence-corrected chi connectivity index (χ0v) is 14.1. The number of nitrogens with zero attached hydrogens (tertiary/aromatic N) is 1. The number of piperidine rings is 1. The maximum Gasteiger partial charge on any atom is 0.223 e. The van der Waals surface area contributed by atoms with E-state index in [1.807, 2.05) is 24.8 Å². The van der Waals surface area contributed by atoms with Crippen LogP contribution in [0.4, 0.5) is 4.39 Å². The highest BCUT2D eigenvalue weighted by molar-refractivity contribution is 5.85. The van der Waals surface area contributed by atoms with Crippen LogP contribution in [-0.4, -0.2) is 29.4 Å². The Hall–Kier alpha value is -1.13. The van der Waals surface area contributed by atoms with E-state index in [0.29, 0.717) is 12.0 Å². The van der Waals surface area contributed by atoms with Crippen LogP contribution in [-0.2, 0) is 4.79 Å². The number of hydrogen-bond acceptors (Lipinski definition) is 2. The summed E-state index contributed by atoms with van der Waals surface area (Å²) in [5, 5.41) is 0. The van der Waals surface area contributed by atoms with E-state index < -0.39 is 0 Å². The van der Waals surface area contributed by atoms with Crippen LogP contribution in [0.25, 0.3) is 0 Å². The summed E-state index contributed by atoms with van der Waals surface area (Å²) in [4.78, 5) is 14.5. The lowest BCUT2D eigenvalue weighted by Gasteiger charge is -2.38. The molecule has 1 aromatic carbocycles. The molecule has 1 heterocycles. The molecule has 5 heteroatoms. The maximum absolute atomic E-state index is 13.8. The van der Waals surface area contributed by atoms with Crippen LogP contribution in [0, 0.1) is 5.82 Å². The predicted octanol–water partition coefficient (Wildman–Crippen LogP) is 3.47. The number of likely N-dealkylation sites (tertiary alicyclic amines) is 1. The smallest absolute Gasteiger partial charge is 0.223 e. The van der Waals surface area contributed by atoms with Gasteiger partial charge in [-0.05, 0) is 43.7 Å². The van der Waals surface area contributed by atoms with Gasteiger partial charge in [0.15, 0.2) is 0 Å². The molecule has 0 aromatic heterocycles. The average Bonchev–Trinajstić information content (AvgIpc) is 2.47. The van der Waals surface area contributed by atoms with Gasteiger partial charge in [-0.1, -0.05) is 25.1 Å². The van der Waals surface area contributed by atoms with Crippen LogP contribution < -0.4 is 5.73 Å². The Labute approximate surface area is 138 Å². The van der Waals surface area contributed by atoms with Crippen LogP contribution in [0.2, 0.25) is 0 Å². The molecule has 3 unspecified atom stereocenters. The summed E-state index contributed by atoms with van der Waals surface area (Å²) in [5.41, 5.74) is 6.62. The van der Waals surface area contributed by atoms with Crippen molar-refractivity contribution in [2.24, 2.45) is 5.73 Å². The minimum Gasteiger partial charge on any atom is -0.338 e. The lowest BCUT2D eigenvalue weighted by molar-refractivity contribution is -0.135. The van der Waals surface area contributed by atoms with E-state index in [0.717, 1.165) is 25.8 Å². The number of carbonyl (C=O) groups is 1. The highest BCUT2D eigenvalue weighted by Crippen LogP contribution is 2.26. The first-order valence-electron chi connectivity index (χ1n) is 7.80. The molecule has 3 atom stereocenters. The van der Waals surface area contributed by atoms with Crippen molar-refractivity contribution in [1.29, 1.82) is 0 Å². The highest BCUT2D eigenvalue weighted by atomic mass is 35.5. The number of nitrogens with two attached hydrogens (primary N) is 1. The minimum absolute atomic E-state index is 0. The number of halogens is 2. The zero-order chi connectivity index (χ0) is 15.4. The Morgan fingerprint density at radius 2 is 2.05 bits per heavy atom. The molecule has 0 aliphatic carbocycles. The van der Waals surface area contributed by atoms with E-state index in [2.05, 4.69) is 0 Å². The minimum atomic E-state index is -0.236. The summed E-state index contributed by atoms with van der Waals surface area (Å²) in [6.07, 6.45) is 3.46. The third-order valence-corrected chi connectivity index (χ3v) is 4.39. The number of hydrogen-bond donors (Lipinski definition) is 1. The summed E-state index contributed by atoms with van der Waals surface area (Å²) in [6.45, 7) is 4.63. The molecule has 1 saturated heterocycles. The molecule has 0 radical (unpaired) electrons. The van der Waals surface area contributed by atoms with Gasteiger partial charge < -0.3 is 10.6 Å². The van der Waals surface area contributed by atoms with E-state index in [1.165, 1.54) is 6.07 Å². The fourth-order valence-corrected chi connectivity index (χ4v) is 3.18. The summed E-state index contributed by atoms with van der Waals surface area (Å²) in [5.74, 6) is -0.262. The molecule has 1 aliphatic heterocycles. The van der Waals surface area contributed by atoms with Crippen molar-refractivity contribution in [1.82, 2.24) is 4.90 Å². The van der Waals surface area contributed by atoms with Crippen molar-refractivity contribution in [2.45, 2.75) is 57.5 Å². The fraction of sp³-hybridized carbons (Fsp3) is 0.588. The average molecular weight is 329 g/mol. The van der Waals surface area contributed by atoms with Crippen molar-refractivity contribution in [3.8, 4) is 0 Å².